The van der Waals surface area contributed by atoms with Crippen LogP contribution in [0, 0.1) is 27.7 Å². The standard InChI is InChI=1S/C31H43N5O6.C21H32N4O3.C8H12N2O2.CO2/c1-19-17-25(41-8)22(29(38)32-19)9-11-24(37)27-21(3)36(20(2)18-40-7)28-23(27)10-12-26(33-28)34-13-15-35(16-14-34)30(39)42-31(4,5)6;1-15-13-17-7-8-18(22-19(17)25(15)16(2)14-27-6)23-9-11-24(12-10-23)20(26)28-21(3,4)5;1-5-3-7(12-2)6(4-9)8(11)10-5;2-1-3/h10,12,17,20H,9,11,13-16,18H2,1-8H3,(H,32,38);7-8,13,16H,9-12,14H2,1-6H3;3H,4,9H2,1-2H3,(H,10,11);. The molecule has 2 unspecified atom stereocenters. The number of H-pyrrole nitrogens is 2. The summed E-state index contributed by atoms with van der Waals surface area (Å²) < 4.78 is 36.5. The van der Waals surface area contributed by atoms with Gasteiger partial charge >= 0.3 is 18.3 Å². The molecule has 2 fully saturated rings. The van der Waals surface area contributed by atoms with Gasteiger partial charge in [0.15, 0.2) is 5.78 Å². The Bertz CT molecular complexity index is 3400. The van der Waals surface area contributed by atoms with Gasteiger partial charge in [0.05, 0.1) is 50.6 Å². The highest BCUT2D eigenvalue weighted by molar-refractivity contribution is 6.09. The topological polar surface area (TPSA) is 281 Å². The number of ether oxygens (including phenoxy) is 6. The molecule has 0 saturated carbocycles. The molecule has 464 valence electrons. The molecule has 2 aliphatic heterocycles. The number of methoxy groups -OCH3 is 4. The van der Waals surface area contributed by atoms with Crippen molar-refractivity contribution in [2.75, 3.05) is 104 Å². The van der Waals surface area contributed by atoms with Gasteiger partial charge < -0.3 is 72.9 Å². The fourth-order valence-corrected chi connectivity index (χ4v) is 10.4. The van der Waals surface area contributed by atoms with Crippen molar-refractivity contribution in [3.8, 4) is 11.5 Å². The van der Waals surface area contributed by atoms with Crippen LogP contribution < -0.4 is 36.1 Å². The lowest BCUT2D eigenvalue weighted by atomic mass is 10.0. The van der Waals surface area contributed by atoms with Crippen LogP contribution in [0.3, 0.4) is 0 Å². The first-order valence-electron chi connectivity index (χ1n) is 28.3. The summed E-state index contributed by atoms with van der Waals surface area (Å²) in [5.74, 6) is 2.70. The molecule has 8 rings (SSSR count). The SMILES string of the molecule is COCC(C)n1c(C)c(C(=O)CCc2c(OC)cc(C)[nH]c2=O)c2ccc(N3CCN(C(=O)OC(C)(C)C)CC3)nc21.COCC(C)n1c(C)cc2ccc(N3CCN(C(=O)OC(C)(C)C)CC3)nc21.COc1cc(C)[nH]c(=O)c1CN.O=C=O. The number of nitrogens with two attached hydrogens (primary N) is 1. The van der Waals surface area contributed by atoms with Crippen molar-refractivity contribution in [1.82, 2.24) is 38.9 Å². The third-order valence-corrected chi connectivity index (χ3v) is 14.1. The zero-order valence-electron chi connectivity index (χ0n) is 52.4. The van der Waals surface area contributed by atoms with Gasteiger partial charge in [-0.1, -0.05) is 0 Å². The van der Waals surface area contributed by atoms with Crippen molar-refractivity contribution in [2.24, 2.45) is 5.73 Å². The van der Waals surface area contributed by atoms with Crippen molar-refractivity contribution in [2.45, 2.75) is 126 Å². The van der Waals surface area contributed by atoms with Gasteiger partial charge in [0, 0.05) is 119 Å². The van der Waals surface area contributed by atoms with Crippen LogP contribution in [-0.4, -0.2) is 168 Å². The number of Topliss-reactive ketones (excluding diaryl/α,β-unsaturated/α-hetero) is 1. The number of piperazine rings is 2. The lowest BCUT2D eigenvalue weighted by molar-refractivity contribution is -0.191. The Morgan fingerprint density at radius 2 is 1.07 bits per heavy atom. The predicted molar refractivity (Wildman–Crippen MR) is 324 cm³/mol. The number of hydrogen-bond acceptors (Lipinski definition) is 18. The molecular formula is C61H87N11O13. The summed E-state index contributed by atoms with van der Waals surface area (Å²) in [7, 11) is 6.42. The Morgan fingerprint density at radius 3 is 1.52 bits per heavy atom. The monoisotopic (exact) mass is 1180 g/mol. The fraction of sp³-hybridized carbons (Fsp3) is 0.541. The van der Waals surface area contributed by atoms with E-state index < -0.39 is 11.2 Å². The van der Waals surface area contributed by atoms with Gasteiger partial charge in [0.1, 0.15) is 45.6 Å². The second-order valence-electron chi connectivity index (χ2n) is 23.0. The average Bonchev–Trinajstić information content (AvgIpc) is 2.13. The van der Waals surface area contributed by atoms with Crippen LogP contribution in [0.2, 0.25) is 0 Å². The highest BCUT2D eigenvalue weighted by atomic mass is 16.6. The van der Waals surface area contributed by atoms with Gasteiger partial charge in [-0.3, -0.25) is 14.4 Å². The van der Waals surface area contributed by atoms with Gasteiger partial charge in [0.25, 0.3) is 11.1 Å². The minimum absolute atomic E-state index is 0.0640. The molecule has 0 radical (unpaired) electrons. The first kappa shape index (κ1) is 67.7. The van der Waals surface area contributed by atoms with Gasteiger partial charge in [0.2, 0.25) is 0 Å². The minimum Gasteiger partial charge on any atom is -0.496 e. The Kier molecular flexibility index (Phi) is 24.0. The van der Waals surface area contributed by atoms with Crippen LogP contribution in [0.4, 0.5) is 21.2 Å². The van der Waals surface area contributed by atoms with Crippen molar-refractivity contribution in [3.05, 3.63) is 103 Å². The molecule has 0 aliphatic carbocycles. The van der Waals surface area contributed by atoms with Crippen molar-refractivity contribution in [1.29, 1.82) is 0 Å². The van der Waals surface area contributed by atoms with Crippen molar-refractivity contribution in [3.63, 3.8) is 0 Å². The Labute approximate surface area is 496 Å². The second kappa shape index (κ2) is 30.2. The number of nitrogens with one attached hydrogen (secondary N) is 2. The maximum Gasteiger partial charge on any atom is 0.410 e. The maximum atomic E-state index is 13.7. The minimum atomic E-state index is -0.542. The number of pyridine rings is 4. The number of aromatic nitrogens is 6. The number of rotatable bonds is 15. The molecule has 6 aromatic rings. The van der Waals surface area contributed by atoms with Crippen LogP contribution in [-0.2, 0) is 41.5 Å². The lowest BCUT2D eigenvalue weighted by Gasteiger charge is -2.36. The Hall–Kier alpha value is -8.05. The number of hydrogen-bond donors (Lipinski definition) is 3. The number of amides is 2. The van der Waals surface area contributed by atoms with Crippen LogP contribution in [0.1, 0.15) is 118 Å². The largest absolute Gasteiger partial charge is 0.496 e. The van der Waals surface area contributed by atoms with Gasteiger partial charge in [-0.15, -0.1) is 0 Å². The van der Waals surface area contributed by atoms with Crippen LogP contribution in [0.25, 0.3) is 22.1 Å². The highest BCUT2D eigenvalue weighted by Crippen LogP contribution is 2.33. The molecule has 2 amide bonds. The molecule has 4 N–H and O–H groups in total. The number of nitrogens with zero attached hydrogens (tertiary/aromatic N) is 8. The molecule has 85 heavy (non-hydrogen) atoms. The number of aromatic amines is 2. The number of carbonyl (C=O) groups is 3. The zero-order valence-corrected chi connectivity index (χ0v) is 52.4. The van der Waals surface area contributed by atoms with E-state index in [9.17, 15) is 24.0 Å². The molecule has 0 spiro atoms. The molecule has 0 aromatic carbocycles. The molecule has 24 heteroatoms. The van der Waals surface area contributed by atoms with Crippen LogP contribution >= 0.6 is 0 Å². The summed E-state index contributed by atoms with van der Waals surface area (Å²) in [6, 6.07) is 13.9. The molecule has 2 atom stereocenters. The van der Waals surface area contributed by atoms with E-state index in [4.69, 9.17) is 53.7 Å². The van der Waals surface area contributed by atoms with E-state index in [2.05, 4.69) is 60.9 Å². The quantitative estimate of drug-likeness (QED) is 0.0834. The third-order valence-electron chi connectivity index (χ3n) is 14.1. The molecular weight excluding hydrogens is 1090 g/mol. The average molecular weight is 1180 g/mol. The summed E-state index contributed by atoms with van der Waals surface area (Å²) in [5, 5.41) is 1.90. The molecule has 0 bridgehead atoms. The molecule has 24 nitrogen and oxygen atoms in total. The summed E-state index contributed by atoms with van der Waals surface area (Å²) in [5.41, 5.74) is 10.6. The summed E-state index contributed by atoms with van der Waals surface area (Å²) in [6.45, 7) is 29.4. The first-order chi connectivity index (χ1) is 40.1. The maximum absolute atomic E-state index is 13.7. The van der Waals surface area contributed by atoms with E-state index >= 15 is 0 Å². The van der Waals surface area contributed by atoms with Gasteiger partial charge in [-0.05, 0) is 132 Å². The predicted octanol–water partition coefficient (Wildman–Crippen LogP) is 7.61. The molecule has 2 aliphatic rings. The number of fused-ring (bicyclic) bond motifs is 2. The first-order valence-corrected chi connectivity index (χ1v) is 28.3. The number of anilines is 2. The molecule has 6 aromatic heterocycles. The van der Waals surface area contributed by atoms with E-state index in [0.717, 1.165) is 52.5 Å². The second-order valence-corrected chi connectivity index (χ2v) is 23.0. The molecule has 2 saturated heterocycles. The summed E-state index contributed by atoms with van der Waals surface area (Å²) in [4.78, 5) is 102. The Balaban J connectivity index is 0.000000261. The summed E-state index contributed by atoms with van der Waals surface area (Å²) >= 11 is 0. The van der Waals surface area contributed by atoms with Crippen molar-refractivity contribution < 1.29 is 52.4 Å². The van der Waals surface area contributed by atoms with E-state index in [-0.39, 0.29) is 66.7 Å². The number of aryl methyl sites for hydroxylation is 3. The van der Waals surface area contributed by atoms with E-state index in [1.165, 1.54) is 19.9 Å². The van der Waals surface area contributed by atoms with Gasteiger partial charge in [-0.2, -0.15) is 9.59 Å². The van der Waals surface area contributed by atoms with Crippen molar-refractivity contribution >= 4 is 57.8 Å². The molecule has 8 heterocycles. The van der Waals surface area contributed by atoms with E-state index in [1.54, 1.807) is 50.0 Å². The fourth-order valence-electron chi connectivity index (χ4n) is 10.4. The van der Waals surface area contributed by atoms with E-state index in [1.807, 2.05) is 67.5 Å². The van der Waals surface area contributed by atoms with Crippen LogP contribution in [0.15, 0.2) is 52.1 Å². The number of carbonyl (C=O) groups excluding carboxylic acids is 5. The third kappa shape index (κ3) is 17.8. The highest BCUT2D eigenvalue weighted by Gasteiger charge is 2.30. The van der Waals surface area contributed by atoms with Crippen LogP contribution in [0.5, 0.6) is 11.5 Å². The Morgan fingerprint density at radius 1 is 0.635 bits per heavy atom. The zero-order chi connectivity index (χ0) is 63.1. The smallest absolute Gasteiger partial charge is 0.410 e. The normalized spacial score (nSPS) is 14.2. The van der Waals surface area contributed by atoms with E-state index in [0.29, 0.717) is 92.0 Å². The van der Waals surface area contributed by atoms with Gasteiger partial charge in [-0.25, -0.2) is 19.6 Å². The summed E-state index contributed by atoms with van der Waals surface area (Å²) in [6.07, 6.45) is 0.102. The number of ketones is 1. The lowest BCUT2D eigenvalue weighted by Crippen LogP contribution is -2.50.